The van der Waals surface area contributed by atoms with Gasteiger partial charge in [0.15, 0.2) is 6.10 Å². The highest BCUT2D eigenvalue weighted by atomic mass is 127. The van der Waals surface area contributed by atoms with E-state index >= 15 is 0 Å². The molecule has 1 fully saturated rings. The van der Waals surface area contributed by atoms with Crippen molar-refractivity contribution >= 4 is 66.7 Å². The van der Waals surface area contributed by atoms with Crippen LogP contribution in [-0.4, -0.2) is 34.3 Å². The first-order chi connectivity index (χ1) is 10.4. The topological polar surface area (TPSA) is 88.6 Å². The number of nitrogen functional groups attached to an aromatic ring is 1. The molecule has 1 aliphatic rings. The molecule has 1 aliphatic heterocycles. The maximum absolute atomic E-state index is 14.6. The van der Waals surface area contributed by atoms with Crippen LogP contribution in [0.5, 0.6) is 0 Å². The summed E-state index contributed by atoms with van der Waals surface area (Å²) in [5, 5.41) is 0. The van der Waals surface area contributed by atoms with Gasteiger partial charge in [-0.3, -0.25) is 8.75 Å². The molecule has 2 heterocycles. The van der Waals surface area contributed by atoms with Gasteiger partial charge in [-0.1, -0.05) is 0 Å². The average Bonchev–Trinajstić information content (AvgIpc) is 2.69. The van der Waals surface area contributed by atoms with Crippen LogP contribution in [0.1, 0.15) is 6.23 Å². The average molecular weight is 579 g/mol. The molecule has 7 nitrogen and oxygen atoms in total. The van der Waals surface area contributed by atoms with Gasteiger partial charge in [0.1, 0.15) is 11.9 Å². The quantitative estimate of drug-likeness (QED) is 0.407. The number of nitrogens with two attached hydrogens (primary N) is 1. The van der Waals surface area contributed by atoms with Gasteiger partial charge >= 0.3 is 11.6 Å². The summed E-state index contributed by atoms with van der Waals surface area (Å²) in [4.78, 5) is 15.2. The minimum atomic E-state index is -3.44. The van der Waals surface area contributed by atoms with Crippen molar-refractivity contribution in [2.75, 3.05) is 12.3 Å². The number of aromatic nitrogens is 2. The summed E-state index contributed by atoms with van der Waals surface area (Å²) in [6.07, 6.45) is -3.32. The second-order valence-electron chi connectivity index (χ2n) is 4.17. The van der Waals surface area contributed by atoms with E-state index in [0.29, 0.717) is 4.57 Å². The zero-order valence-corrected chi connectivity index (χ0v) is 16.5. The largest absolute Gasteiger partial charge is 0.383 e. The maximum atomic E-state index is 14.6. The molecule has 0 bridgehead atoms. The van der Waals surface area contributed by atoms with Crippen LogP contribution in [0.3, 0.4) is 0 Å². The number of nitrogens with zero attached hydrogens (tertiary/aromatic N) is 2. The molecule has 2 N–H and O–H groups in total. The van der Waals surface area contributed by atoms with Crippen LogP contribution < -0.4 is 11.4 Å². The molecule has 3 atom stereocenters. The van der Waals surface area contributed by atoms with Gasteiger partial charge in [-0.05, 0) is 6.07 Å². The fourth-order valence-electron chi connectivity index (χ4n) is 1.96. The van der Waals surface area contributed by atoms with Crippen LogP contribution in [0, 0.1) is 0 Å². The Balaban J connectivity index is 2.33. The Morgan fingerprint density at radius 1 is 1.50 bits per heavy atom. The number of alkyl halides is 2. The first kappa shape index (κ1) is 18.9. The zero-order valence-electron chi connectivity index (χ0n) is 10.5. The van der Waals surface area contributed by atoms with Crippen LogP contribution in [0.4, 0.5) is 14.6 Å². The molecule has 1 aromatic rings. The predicted molar refractivity (Wildman–Crippen MR) is 95.8 cm³/mol. The molecule has 0 radical (unpaired) electrons. The highest BCUT2D eigenvalue weighted by molar-refractivity contribution is 14.2. The summed E-state index contributed by atoms with van der Waals surface area (Å²) in [5.74, 6) is -3.50. The van der Waals surface area contributed by atoms with Gasteiger partial charge in [-0.25, -0.2) is 4.79 Å². The van der Waals surface area contributed by atoms with Crippen LogP contribution >= 0.6 is 60.8 Å². The van der Waals surface area contributed by atoms with Gasteiger partial charge < -0.3 is 14.7 Å². The van der Waals surface area contributed by atoms with Crippen molar-refractivity contribution in [3.63, 3.8) is 0 Å². The summed E-state index contributed by atoms with van der Waals surface area (Å²) >= 11 is 3.60. The van der Waals surface area contributed by atoms with Crippen molar-refractivity contribution in [2.45, 2.75) is 24.4 Å². The minimum Gasteiger partial charge on any atom is -0.383 e. The van der Waals surface area contributed by atoms with Gasteiger partial charge in [0.25, 0.3) is 0 Å². The summed E-state index contributed by atoms with van der Waals surface area (Å²) in [5.41, 5.74) is 4.44. The molecule has 0 spiro atoms. The SMILES string of the molecule is Nc1ccn(C2OC(COSI)C(OSI)C2(F)F)c(=O)n1. The molecule has 124 valence electrons. The summed E-state index contributed by atoms with van der Waals surface area (Å²) in [7, 11) is 1.76. The zero-order chi connectivity index (χ0) is 16.3. The third-order valence-electron chi connectivity index (χ3n) is 2.87. The molecular formula is C9H9F2I2N3O4S2. The number of rotatable bonds is 6. The Morgan fingerprint density at radius 2 is 2.23 bits per heavy atom. The van der Waals surface area contributed by atoms with Crippen LogP contribution in [-0.2, 0) is 13.1 Å². The molecule has 0 amide bonds. The lowest BCUT2D eigenvalue weighted by Gasteiger charge is -2.22. The second-order valence-corrected chi connectivity index (χ2v) is 7.01. The fourth-order valence-corrected chi connectivity index (χ4v) is 3.58. The Labute approximate surface area is 156 Å². The van der Waals surface area contributed by atoms with Gasteiger partial charge in [-0.2, -0.15) is 13.8 Å². The van der Waals surface area contributed by atoms with E-state index < -0.39 is 30.0 Å². The molecule has 0 aromatic carbocycles. The third-order valence-corrected chi connectivity index (χ3v) is 4.76. The lowest BCUT2D eigenvalue weighted by atomic mass is 10.1. The molecule has 2 rings (SSSR count). The minimum absolute atomic E-state index is 0.0561. The van der Waals surface area contributed by atoms with Crippen molar-refractivity contribution in [3.8, 4) is 0 Å². The second kappa shape index (κ2) is 8.11. The van der Waals surface area contributed by atoms with Crippen LogP contribution in [0.15, 0.2) is 17.1 Å². The van der Waals surface area contributed by atoms with E-state index in [1.54, 1.807) is 21.2 Å². The molecule has 0 saturated carbocycles. The normalized spacial score (nSPS) is 27.2. The van der Waals surface area contributed by atoms with E-state index in [-0.39, 0.29) is 12.4 Å². The monoisotopic (exact) mass is 579 g/mol. The van der Waals surface area contributed by atoms with Gasteiger partial charge in [0.05, 0.1) is 25.0 Å². The van der Waals surface area contributed by atoms with Crippen LogP contribution in [0.2, 0.25) is 0 Å². The number of hydrogen-bond donors (Lipinski definition) is 1. The third kappa shape index (κ3) is 3.97. The number of ether oxygens (including phenoxy) is 1. The summed E-state index contributed by atoms with van der Waals surface area (Å²) in [6.45, 7) is -0.112. The Morgan fingerprint density at radius 3 is 2.82 bits per heavy atom. The molecule has 3 unspecified atom stereocenters. The molecule has 1 aromatic heterocycles. The lowest BCUT2D eigenvalue weighted by molar-refractivity contribution is -0.134. The lowest BCUT2D eigenvalue weighted by Crippen LogP contribution is -2.42. The summed E-state index contributed by atoms with van der Waals surface area (Å²) < 4.78 is 45.2. The number of hydrogen-bond acceptors (Lipinski definition) is 8. The van der Waals surface area contributed by atoms with Crippen LogP contribution in [0.25, 0.3) is 0 Å². The first-order valence-corrected chi connectivity index (χ1v) is 12.2. The molecule has 1 saturated heterocycles. The van der Waals surface area contributed by atoms with Crippen molar-refractivity contribution < 1.29 is 21.9 Å². The highest BCUT2D eigenvalue weighted by Gasteiger charge is 2.61. The molecule has 0 aliphatic carbocycles. The Kier molecular flexibility index (Phi) is 6.97. The Hall–Kier alpha value is 0.580. The van der Waals surface area contributed by atoms with Crippen molar-refractivity contribution in [3.05, 3.63) is 22.7 Å². The van der Waals surface area contributed by atoms with E-state index in [0.717, 1.165) is 24.6 Å². The highest BCUT2D eigenvalue weighted by Crippen LogP contribution is 2.46. The van der Waals surface area contributed by atoms with E-state index in [1.807, 2.05) is 21.2 Å². The van der Waals surface area contributed by atoms with E-state index in [2.05, 4.69) is 4.98 Å². The number of anilines is 1. The Bertz CT molecular complexity index is 582. The van der Waals surface area contributed by atoms with Crippen molar-refractivity contribution in [1.82, 2.24) is 9.55 Å². The van der Waals surface area contributed by atoms with Crippen molar-refractivity contribution in [1.29, 1.82) is 0 Å². The fraction of sp³-hybridized carbons (Fsp3) is 0.556. The van der Waals surface area contributed by atoms with Gasteiger partial charge in [0.2, 0.25) is 6.23 Å². The smallest absolute Gasteiger partial charge is 0.351 e. The number of halogens is 4. The van der Waals surface area contributed by atoms with E-state index in [9.17, 15) is 13.6 Å². The van der Waals surface area contributed by atoms with Gasteiger partial charge in [0, 0.05) is 48.6 Å². The maximum Gasteiger partial charge on any atom is 0.351 e. The molecular weight excluding hydrogens is 570 g/mol. The van der Waals surface area contributed by atoms with Gasteiger partial charge in [-0.15, -0.1) is 0 Å². The standard InChI is InChI=1S/C9H9F2I2N3O4S2/c10-9(11)6(20-22-13)4(3-18-21-12)19-7(9)16-2-1-5(14)15-8(16)17/h1-2,4,6-7H,3H2,(H2,14,15,17). The van der Waals surface area contributed by atoms with E-state index in [4.69, 9.17) is 18.8 Å². The predicted octanol–water partition coefficient (Wildman–Crippen LogP) is 2.76. The van der Waals surface area contributed by atoms with E-state index in [1.165, 1.54) is 6.07 Å². The first-order valence-electron chi connectivity index (χ1n) is 5.64. The summed E-state index contributed by atoms with van der Waals surface area (Å²) in [6, 6.07) is 1.24. The molecule has 13 heteroatoms. The van der Waals surface area contributed by atoms with Crippen molar-refractivity contribution in [2.24, 2.45) is 0 Å². The molecule has 22 heavy (non-hydrogen) atoms.